The summed E-state index contributed by atoms with van der Waals surface area (Å²) in [5.74, 6) is -2.13. The lowest BCUT2D eigenvalue weighted by molar-refractivity contribution is -0.383. The second-order valence-corrected chi connectivity index (χ2v) is 3.03. The monoisotopic (exact) mass is 230 g/mol. The van der Waals surface area contributed by atoms with Crippen molar-refractivity contribution in [1.82, 2.24) is 9.97 Å². The Morgan fingerprint density at radius 2 is 1.71 bits per heavy atom. The van der Waals surface area contributed by atoms with Gasteiger partial charge in [0.1, 0.15) is 0 Å². The third kappa shape index (κ3) is 1.65. The Morgan fingerprint density at radius 1 is 1.18 bits per heavy atom. The fourth-order valence-electron chi connectivity index (χ4n) is 1.28. The molecule has 0 aliphatic carbocycles. The fourth-order valence-corrected chi connectivity index (χ4v) is 1.28. The van der Waals surface area contributed by atoms with Crippen LogP contribution in [0.1, 0.15) is 0 Å². The van der Waals surface area contributed by atoms with Gasteiger partial charge >= 0.3 is 0 Å². The number of hydrogen-bond donors (Lipinski definition) is 0. The summed E-state index contributed by atoms with van der Waals surface area (Å²) in [5, 5.41) is 32.6. The molecule has 0 fully saturated rings. The van der Waals surface area contributed by atoms with Gasteiger partial charge in [-0.1, -0.05) is 0 Å². The molecule has 8 nitrogen and oxygen atoms in total. The van der Waals surface area contributed by atoms with E-state index >= 15 is 0 Å². The van der Waals surface area contributed by atoms with Gasteiger partial charge in [0.2, 0.25) is 0 Å². The number of nitro benzene ring substituents is 1. The zero-order valence-electron chi connectivity index (χ0n) is 8.08. The molecule has 17 heavy (non-hydrogen) atoms. The zero-order valence-corrected chi connectivity index (χ0v) is 8.08. The predicted octanol–water partition coefficient (Wildman–Crippen LogP) is 0.236. The summed E-state index contributed by atoms with van der Waals surface area (Å²) in [4.78, 5) is 19.6. The van der Waals surface area contributed by atoms with E-state index < -0.39 is 22.4 Å². The zero-order chi connectivity index (χ0) is 12.6. The minimum Gasteiger partial charge on any atom is -0.858 e. The first-order chi connectivity index (χ1) is 8.02. The second kappa shape index (κ2) is 3.57. The van der Waals surface area contributed by atoms with E-state index in [-0.39, 0.29) is 16.7 Å². The number of nitrogens with zero attached hydrogens (tertiary/aromatic N) is 4. The third-order valence-corrected chi connectivity index (χ3v) is 2.02. The molecule has 0 spiro atoms. The van der Waals surface area contributed by atoms with Crippen LogP contribution in [0.25, 0.3) is 15.9 Å². The van der Waals surface area contributed by atoms with Gasteiger partial charge in [-0.2, -0.15) is 0 Å². The number of rotatable bonds is 1. The summed E-state index contributed by atoms with van der Waals surface area (Å²) < 4.78 is 0. The highest BCUT2D eigenvalue weighted by Gasteiger charge is 2.16. The van der Waals surface area contributed by atoms with Gasteiger partial charge < -0.3 is 10.2 Å². The molecular formula is C9H2N4O4-2. The Bertz CT molecular complexity index is 677. The third-order valence-electron chi connectivity index (χ3n) is 2.02. The Balaban J connectivity index is 2.84. The van der Waals surface area contributed by atoms with Gasteiger partial charge in [0.15, 0.2) is 0 Å². The van der Waals surface area contributed by atoms with Crippen LogP contribution in [0.5, 0.6) is 11.8 Å². The SMILES string of the molecule is [C-]#[N+]c1cc2nc([O-])c([O-])nc2cc1[N+](=O)[O-]. The van der Waals surface area contributed by atoms with Crippen molar-refractivity contribution in [1.29, 1.82) is 0 Å². The summed E-state index contributed by atoms with van der Waals surface area (Å²) >= 11 is 0. The number of fused-ring (bicyclic) bond motifs is 1. The maximum absolute atomic E-state index is 11.0. The van der Waals surface area contributed by atoms with E-state index in [1.54, 1.807) is 0 Å². The molecule has 0 atom stereocenters. The van der Waals surface area contributed by atoms with Crippen molar-refractivity contribution >= 4 is 22.4 Å². The Labute approximate surface area is 93.8 Å². The highest BCUT2D eigenvalue weighted by Crippen LogP contribution is 2.32. The summed E-state index contributed by atoms with van der Waals surface area (Å²) in [6.45, 7) is 6.78. The van der Waals surface area contributed by atoms with Gasteiger partial charge in [0.25, 0.3) is 11.4 Å². The topological polar surface area (TPSA) is 119 Å². The van der Waals surface area contributed by atoms with Crippen LogP contribution in [0, 0.1) is 16.7 Å². The molecular weight excluding hydrogens is 228 g/mol. The van der Waals surface area contributed by atoms with Crippen LogP contribution in [0.2, 0.25) is 0 Å². The number of aromatic nitrogens is 2. The normalized spacial score (nSPS) is 10.1. The smallest absolute Gasteiger partial charge is 0.281 e. The molecule has 0 aliphatic heterocycles. The van der Waals surface area contributed by atoms with Crippen LogP contribution in [0.15, 0.2) is 12.1 Å². The minimum absolute atomic E-state index is 0.00815. The van der Waals surface area contributed by atoms with Gasteiger partial charge in [-0.15, -0.1) is 0 Å². The highest BCUT2D eigenvalue weighted by molar-refractivity contribution is 5.85. The van der Waals surface area contributed by atoms with Gasteiger partial charge in [-0.3, -0.25) is 20.1 Å². The Kier molecular flexibility index (Phi) is 2.22. The van der Waals surface area contributed by atoms with Crippen molar-refractivity contribution in [2.75, 3.05) is 0 Å². The van der Waals surface area contributed by atoms with Crippen LogP contribution in [0.4, 0.5) is 11.4 Å². The molecule has 1 aromatic carbocycles. The molecule has 84 valence electrons. The summed E-state index contributed by atoms with van der Waals surface area (Å²) in [6, 6.07) is 2.02. The van der Waals surface area contributed by atoms with Crippen molar-refractivity contribution in [3.05, 3.63) is 33.7 Å². The lowest BCUT2D eigenvalue weighted by Crippen LogP contribution is -2.04. The van der Waals surface area contributed by atoms with Crippen LogP contribution < -0.4 is 10.2 Å². The lowest BCUT2D eigenvalue weighted by atomic mass is 10.2. The molecule has 2 aromatic rings. The Morgan fingerprint density at radius 3 is 2.18 bits per heavy atom. The minimum atomic E-state index is -1.08. The molecule has 0 saturated carbocycles. The van der Waals surface area contributed by atoms with E-state index in [4.69, 9.17) is 6.57 Å². The van der Waals surface area contributed by atoms with Gasteiger partial charge in [-0.25, -0.2) is 4.85 Å². The Hall–Kier alpha value is -2.95. The van der Waals surface area contributed by atoms with Crippen LogP contribution in [-0.2, 0) is 0 Å². The molecule has 1 aromatic heterocycles. The quantitative estimate of drug-likeness (QED) is 0.393. The van der Waals surface area contributed by atoms with Crippen LogP contribution in [-0.4, -0.2) is 14.9 Å². The molecule has 8 heteroatoms. The molecule has 0 saturated heterocycles. The molecule has 0 radical (unpaired) electrons. The van der Waals surface area contributed by atoms with E-state index in [1.807, 2.05) is 0 Å². The molecule has 2 rings (SSSR count). The van der Waals surface area contributed by atoms with Crippen molar-refractivity contribution in [3.63, 3.8) is 0 Å². The van der Waals surface area contributed by atoms with Crippen molar-refractivity contribution < 1.29 is 15.1 Å². The fraction of sp³-hybridized carbons (Fsp3) is 0. The summed E-state index contributed by atoms with van der Waals surface area (Å²) in [6.07, 6.45) is 0. The first-order valence-electron chi connectivity index (χ1n) is 4.24. The van der Waals surface area contributed by atoms with Crippen molar-refractivity contribution in [2.45, 2.75) is 0 Å². The van der Waals surface area contributed by atoms with Gasteiger partial charge in [-0.05, 0) is 17.8 Å². The lowest BCUT2D eigenvalue weighted by Gasteiger charge is -2.15. The van der Waals surface area contributed by atoms with Gasteiger partial charge in [0.05, 0.1) is 22.5 Å². The second-order valence-electron chi connectivity index (χ2n) is 3.03. The molecule has 0 aliphatic rings. The van der Waals surface area contributed by atoms with E-state index in [2.05, 4.69) is 14.8 Å². The van der Waals surface area contributed by atoms with E-state index in [0.29, 0.717) is 0 Å². The number of nitro groups is 1. The van der Waals surface area contributed by atoms with E-state index in [0.717, 1.165) is 12.1 Å². The molecule has 1 heterocycles. The van der Waals surface area contributed by atoms with Crippen LogP contribution >= 0.6 is 0 Å². The largest absolute Gasteiger partial charge is 0.858 e. The van der Waals surface area contributed by atoms with Crippen molar-refractivity contribution in [2.24, 2.45) is 0 Å². The molecule has 0 unspecified atom stereocenters. The van der Waals surface area contributed by atoms with E-state index in [1.165, 1.54) is 0 Å². The average Bonchev–Trinajstić information content (AvgIpc) is 2.29. The molecule has 0 bridgehead atoms. The standard InChI is InChI=1S/C9H4N4O4/c1-10-6-2-4-5(3-7(6)13(16)17)12-9(15)8(14)11-4/h2-3H,(H,11,14)(H,12,15)/p-2. The van der Waals surface area contributed by atoms with Crippen LogP contribution in [0.3, 0.4) is 0 Å². The highest BCUT2D eigenvalue weighted by atomic mass is 16.6. The van der Waals surface area contributed by atoms with Gasteiger partial charge in [0, 0.05) is 6.07 Å². The summed E-state index contributed by atoms with van der Waals surface area (Å²) in [5.41, 5.74) is -0.811. The molecule has 0 N–H and O–H groups in total. The maximum atomic E-state index is 11.0. The number of hydrogen-bond acceptors (Lipinski definition) is 6. The molecule has 0 amide bonds. The average molecular weight is 230 g/mol. The number of benzene rings is 1. The van der Waals surface area contributed by atoms with E-state index in [9.17, 15) is 20.3 Å². The predicted molar refractivity (Wildman–Crippen MR) is 51.3 cm³/mol. The first-order valence-corrected chi connectivity index (χ1v) is 4.24. The maximum Gasteiger partial charge on any atom is 0.281 e. The first kappa shape index (κ1) is 10.6. The summed E-state index contributed by atoms with van der Waals surface area (Å²) in [7, 11) is 0. The van der Waals surface area contributed by atoms with Crippen molar-refractivity contribution in [3.8, 4) is 11.8 Å².